The van der Waals surface area contributed by atoms with Gasteiger partial charge in [0.25, 0.3) is 0 Å². The number of pyridine rings is 2. The Kier molecular flexibility index (Phi) is 14.8. The summed E-state index contributed by atoms with van der Waals surface area (Å²) >= 11 is 0. The van der Waals surface area contributed by atoms with Crippen LogP contribution in [0.1, 0.15) is 59.3 Å². The zero-order chi connectivity index (χ0) is 32.9. The molecule has 0 radical (unpaired) electrons. The highest BCUT2D eigenvalue weighted by atomic mass is 15.1. The van der Waals surface area contributed by atoms with Gasteiger partial charge in [-0.05, 0) is 84.3 Å². The summed E-state index contributed by atoms with van der Waals surface area (Å²) in [7, 11) is 0. The van der Waals surface area contributed by atoms with Crippen molar-refractivity contribution in [2.45, 2.75) is 38.8 Å². The van der Waals surface area contributed by atoms with Crippen molar-refractivity contribution in [3.05, 3.63) is 131 Å². The van der Waals surface area contributed by atoms with Crippen LogP contribution in [-0.2, 0) is 13.1 Å². The standard InChI is InChI=1S/C40H48N8/c1-3-21-45-39(15-1)33-47-23-7-17-41-29-35-11-5-13-37(27-35)31-43-19-9-25-48(34-40-16-2-4-22-46-40)26-10-20-44-32-38-14-6-12-36(28-38)30-42-18-8-24-47/h1-6,11-16,21-22,27-32H,7-10,17-20,23-26,33-34H2. The van der Waals surface area contributed by atoms with Crippen LogP contribution in [0.15, 0.2) is 117 Å². The summed E-state index contributed by atoms with van der Waals surface area (Å²) in [6.07, 6.45) is 15.6. The lowest BCUT2D eigenvalue weighted by Crippen LogP contribution is -2.27. The van der Waals surface area contributed by atoms with Crippen molar-refractivity contribution in [3.63, 3.8) is 0 Å². The maximum absolute atomic E-state index is 4.75. The largest absolute Gasteiger partial charge is 0.297 e. The summed E-state index contributed by atoms with van der Waals surface area (Å²) in [6, 6.07) is 29.1. The van der Waals surface area contributed by atoms with Crippen molar-refractivity contribution in [3.8, 4) is 0 Å². The van der Waals surface area contributed by atoms with E-state index in [1.807, 2.05) is 49.4 Å². The molecule has 0 saturated carbocycles. The third kappa shape index (κ3) is 13.2. The number of rotatable bonds is 4. The second kappa shape index (κ2) is 20.5. The van der Waals surface area contributed by atoms with E-state index < -0.39 is 0 Å². The fraction of sp³-hybridized carbons (Fsp3) is 0.350. The summed E-state index contributed by atoms with van der Waals surface area (Å²) in [5, 5.41) is 0. The molecule has 3 heterocycles. The van der Waals surface area contributed by atoms with Crippen LogP contribution in [0.25, 0.3) is 0 Å². The molecule has 0 amide bonds. The van der Waals surface area contributed by atoms with E-state index in [1.165, 1.54) is 0 Å². The van der Waals surface area contributed by atoms with Crippen LogP contribution in [0.5, 0.6) is 0 Å². The van der Waals surface area contributed by atoms with Gasteiger partial charge in [0.2, 0.25) is 0 Å². The minimum absolute atomic E-state index is 0.782. The van der Waals surface area contributed by atoms with Gasteiger partial charge in [-0.2, -0.15) is 0 Å². The van der Waals surface area contributed by atoms with Gasteiger partial charge in [-0.3, -0.25) is 39.7 Å². The van der Waals surface area contributed by atoms with Crippen LogP contribution in [-0.4, -0.2) is 97.0 Å². The maximum Gasteiger partial charge on any atom is 0.0543 e. The van der Waals surface area contributed by atoms with Gasteiger partial charge in [0, 0.05) is 103 Å². The summed E-state index contributed by atoms with van der Waals surface area (Å²) in [6.45, 7) is 8.64. The van der Waals surface area contributed by atoms with Crippen LogP contribution < -0.4 is 0 Å². The molecule has 4 aromatic rings. The lowest BCUT2D eigenvalue weighted by atomic mass is 10.1. The van der Waals surface area contributed by atoms with Crippen LogP contribution >= 0.6 is 0 Å². The van der Waals surface area contributed by atoms with Gasteiger partial charge >= 0.3 is 0 Å². The van der Waals surface area contributed by atoms with Gasteiger partial charge in [-0.1, -0.05) is 48.5 Å². The molecule has 0 spiro atoms. The monoisotopic (exact) mass is 640 g/mol. The second-order valence-electron chi connectivity index (χ2n) is 12.1. The Bertz CT molecular complexity index is 1410. The fourth-order valence-corrected chi connectivity index (χ4v) is 5.64. The fourth-order valence-electron chi connectivity index (χ4n) is 5.64. The molecule has 0 saturated heterocycles. The lowest BCUT2D eigenvalue weighted by molar-refractivity contribution is 0.259. The number of hydrogen-bond acceptors (Lipinski definition) is 8. The molecule has 2 aromatic heterocycles. The van der Waals surface area contributed by atoms with Gasteiger partial charge in [0.05, 0.1) is 11.4 Å². The SMILES string of the molecule is C1=NCCCN(Cc2ccccn2)CCCN=Cc2cccc(c2)C=NCCCN(Cc2ccccn2)CCCN=Cc2cccc1c2. The number of aromatic nitrogens is 2. The molecule has 8 heteroatoms. The van der Waals surface area contributed by atoms with E-state index in [-0.39, 0.29) is 0 Å². The zero-order valence-electron chi connectivity index (χ0n) is 28.0. The van der Waals surface area contributed by atoms with Crippen molar-refractivity contribution in [2.75, 3.05) is 52.4 Å². The van der Waals surface area contributed by atoms with Crippen molar-refractivity contribution >= 4 is 24.9 Å². The highest BCUT2D eigenvalue weighted by Gasteiger charge is 2.08. The summed E-state index contributed by atoms with van der Waals surface area (Å²) in [5.41, 5.74) is 6.59. The quantitative estimate of drug-likeness (QED) is 0.258. The van der Waals surface area contributed by atoms with Gasteiger partial charge in [0.1, 0.15) is 0 Å². The minimum atomic E-state index is 0.782. The van der Waals surface area contributed by atoms with E-state index in [4.69, 9.17) is 20.0 Å². The molecule has 48 heavy (non-hydrogen) atoms. The molecule has 4 bridgehead atoms. The Morgan fingerprint density at radius 3 is 1.08 bits per heavy atom. The predicted molar refractivity (Wildman–Crippen MR) is 200 cm³/mol. The topological polar surface area (TPSA) is 81.7 Å². The first-order valence-corrected chi connectivity index (χ1v) is 17.2. The third-order valence-electron chi connectivity index (χ3n) is 8.05. The van der Waals surface area contributed by atoms with Gasteiger partial charge < -0.3 is 0 Å². The van der Waals surface area contributed by atoms with Crippen LogP contribution in [0, 0.1) is 0 Å². The highest BCUT2D eigenvalue weighted by molar-refractivity contribution is 5.86. The molecule has 5 rings (SSSR count). The Hall–Kier alpha value is -4.66. The summed E-state index contributed by atoms with van der Waals surface area (Å²) < 4.78 is 0. The van der Waals surface area contributed by atoms with E-state index >= 15 is 0 Å². The van der Waals surface area contributed by atoms with Gasteiger partial charge in [0.15, 0.2) is 0 Å². The molecule has 8 nitrogen and oxygen atoms in total. The van der Waals surface area contributed by atoms with E-state index in [0.717, 1.165) is 125 Å². The first kappa shape index (κ1) is 34.7. The molecule has 1 aliphatic rings. The predicted octanol–water partition coefficient (Wildman–Crippen LogP) is 6.43. The first-order valence-electron chi connectivity index (χ1n) is 17.2. The third-order valence-corrected chi connectivity index (χ3v) is 8.05. The molecular weight excluding hydrogens is 592 g/mol. The molecule has 0 aliphatic carbocycles. The molecule has 1 aliphatic heterocycles. The molecule has 248 valence electrons. The summed E-state index contributed by atoms with van der Waals surface area (Å²) in [4.78, 5) is 33.0. The van der Waals surface area contributed by atoms with Crippen LogP contribution in [0.4, 0.5) is 0 Å². The summed E-state index contributed by atoms with van der Waals surface area (Å²) in [5.74, 6) is 0. The van der Waals surface area contributed by atoms with Crippen molar-refractivity contribution in [1.82, 2.24) is 19.8 Å². The second-order valence-corrected chi connectivity index (χ2v) is 12.1. The normalized spacial score (nSPS) is 16.7. The van der Waals surface area contributed by atoms with E-state index in [1.54, 1.807) is 0 Å². The van der Waals surface area contributed by atoms with Gasteiger partial charge in [-0.25, -0.2) is 0 Å². The average molecular weight is 641 g/mol. The molecule has 2 aromatic carbocycles. The van der Waals surface area contributed by atoms with Gasteiger partial charge in [-0.15, -0.1) is 0 Å². The molecule has 0 unspecified atom stereocenters. The van der Waals surface area contributed by atoms with E-state index in [2.05, 4.69) is 92.6 Å². The number of hydrogen-bond donors (Lipinski definition) is 0. The number of fused-ring (bicyclic) bond motifs is 4. The number of benzene rings is 2. The van der Waals surface area contributed by atoms with Crippen molar-refractivity contribution in [1.29, 1.82) is 0 Å². The molecule has 0 atom stereocenters. The number of nitrogens with zero attached hydrogens (tertiary/aromatic N) is 8. The zero-order valence-corrected chi connectivity index (χ0v) is 28.0. The smallest absolute Gasteiger partial charge is 0.0543 e. The van der Waals surface area contributed by atoms with Crippen molar-refractivity contribution in [2.24, 2.45) is 20.0 Å². The molecule has 0 N–H and O–H groups in total. The van der Waals surface area contributed by atoms with Crippen molar-refractivity contribution < 1.29 is 0 Å². The highest BCUT2D eigenvalue weighted by Crippen LogP contribution is 2.08. The minimum Gasteiger partial charge on any atom is -0.297 e. The Balaban J connectivity index is 1.24. The maximum atomic E-state index is 4.75. The molecule has 0 fully saturated rings. The molecular formula is C40H48N8. The average Bonchev–Trinajstić information content (AvgIpc) is 3.11. The van der Waals surface area contributed by atoms with Crippen LogP contribution in [0.2, 0.25) is 0 Å². The van der Waals surface area contributed by atoms with E-state index in [9.17, 15) is 0 Å². The number of aliphatic imine (C=N–C) groups is 4. The Labute approximate surface area is 286 Å². The first-order chi connectivity index (χ1) is 23.8. The Morgan fingerprint density at radius 2 is 0.771 bits per heavy atom. The Morgan fingerprint density at radius 1 is 0.417 bits per heavy atom. The van der Waals surface area contributed by atoms with E-state index in [0.29, 0.717) is 0 Å². The van der Waals surface area contributed by atoms with Crippen LogP contribution in [0.3, 0.4) is 0 Å². The lowest BCUT2D eigenvalue weighted by Gasteiger charge is -2.21.